The normalized spacial score (nSPS) is 14.2. The first-order chi connectivity index (χ1) is 14.2. The lowest BCUT2D eigenvalue weighted by Crippen LogP contribution is -2.05. The number of benzene rings is 3. The molecule has 0 bridgehead atoms. The standard InChI is InChI=1S/C27H26N2/c1-20-11-6-8-17-26(20)28-21(2)23-14-10-15-24(19-23)29-27-18-9-7-16-25(27)22-12-4-3-5-13-22/h3-6,8-15,17-19,29H,7,16H2,1-2H3/b28-21+. The lowest BCUT2D eigenvalue weighted by molar-refractivity contribution is 1.04. The van der Waals surface area contributed by atoms with Crippen LogP contribution in [0.15, 0.2) is 102 Å². The van der Waals surface area contributed by atoms with Gasteiger partial charge in [0.05, 0.1) is 5.69 Å². The molecular weight excluding hydrogens is 352 g/mol. The lowest BCUT2D eigenvalue weighted by Gasteiger charge is -2.18. The highest BCUT2D eigenvalue weighted by Crippen LogP contribution is 2.29. The van der Waals surface area contributed by atoms with Crippen LogP contribution in [0.5, 0.6) is 0 Å². The molecular formula is C27H26N2. The average molecular weight is 379 g/mol. The minimum Gasteiger partial charge on any atom is -0.355 e. The SMILES string of the molecule is C/C(=N\c1ccccc1C)c1cccc(NC2=C(c3ccccc3)CCC=C2)c1. The Morgan fingerprint density at radius 2 is 1.69 bits per heavy atom. The van der Waals surface area contributed by atoms with E-state index in [0.717, 1.165) is 35.5 Å². The first kappa shape index (κ1) is 18.9. The summed E-state index contributed by atoms with van der Waals surface area (Å²) in [4.78, 5) is 4.84. The summed E-state index contributed by atoms with van der Waals surface area (Å²) in [5.41, 5.74) is 9.25. The van der Waals surface area contributed by atoms with E-state index in [2.05, 4.69) is 98.0 Å². The maximum atomic E-state index is 4.84. The minimum atomic E-state index is 1.01. The first-order valence-corrected chi connectivity index (χ1v) is 10.1. The van der Waals surface area contributed by atoms with Crippen LogP contribution in [0.1, 0.15) is 36.5 Å². The van der Waals surface area contributed by atoms with E-state index in [-0.39, 0.29) is 0 Å². The number of rotatable bonds is 5. The summed E-state index contributed by atoms with van der Waals surface area (Å²) < 4.78 is 0. The van der Waals surface area contributed by atoms with Crippen LogP contribution in [0.3, 0.4) is 0 Å². The Labute approximate surface area is 173 Å². The van der Waals surface area contributed by atoms with Crippen molar-refractivity contribution in [3.63, 3.8) is 0 Å². The Hall–Kier alpha value is -3.39. The third-order valence-corrected chi connectivity index (χ3v) is 5.26. The van der Waals surface area contributed by atoms with Gasteiger partial charge in [0.15, 0.2) is 0 Å². The first-order valence-electron chi connectivity index (χ1n) is 10.1. The predicted molar refractivity (Wildman–Crippen MR) is 125 cm³/mol. The third-order valence-electron chi connectivity index (χ3n) is 5.26. The van der Waals surface area contributed by atoms with Crippen LogP contribution in [0.4, 0.5) is 11.4 Å². The fraction of sp³-hybridized carbons (Fsp3) is 0.148. The van der Waals surface area contributed by atoms with E-state index in [0.29, 0.717) is 0 Å². The zero-order chi connectivity index (χ0) is 20.1. The molecule has 0 heterocycles. The zero-order valence-corrected chi connectivity index (χ0v) is 17.0. The van der Waals surface area contributed by atoms with Gasteiger partial charge in [-0.15, -0.1) is 0 Å². The molecule has 3 aromatic carbocycles. The highest BCUT2D eigenvalue weighted by Gasteiger charge is 2.11. The summed E-state index contributed by atoms with van der Waals surface area (Å²) in [6, 6.07) is 27.4. The number of anilines is 1. The molecule has 0 saturated carbocycles. The minimum absolute atomic E-state index is 1.01. The fourth-order valence-electron chi connectivity index (χ4n) is 3.63. The fourth-order valence-corrected chi connectivity index (χ4v) is 3.63. The van der Waals surface area contributed by atoms with Crippen LogP contribution in [0.2, 0.25) is 0 Å². The number of nitrogens with zero attached hydrogens (tertiary/aromatic N) is 1. The monoisotopic (exact) mass is 378 g/mol. The van der Waals surface area contributed by atoms with E-state index in [4.69, 9.17) is 4.99 Å². The van der Waals surface area contributed by atoms with Gasteiger partial charge in [0.1, 0.15) is 0 Å². The second-order valence-electron chi connectivity index (χ2n) is 7.39. The molecule has 144 valence electrons. The van der Waals surface area contributed by atoms with Crippen molar-refractivity contribution < 1.29 is 0 Å². The molecule has 0 amide bonds. The van der Waals surface area contributed by atoms with Gasteiger partial charge in [0.25, 0.3) is 0 Å². The summed E-state index contributed by atoms with van der Waals surface area (Å²) in [6.07, 6.45) is 6.57. The summed E-state index contributed by atoms with van der Waals surface area (Å²) >= 11 is 0. The van der Waals surface area contributed by atoms with Crippen molar-refractivity contribution in [1.82, 2.24) is 0 Å². The molecule has 0 radical (unpaired) electrons. The maximum absolute atomic E-state index is 4.84. The zero-order valence-electron chi connectivity index (χ0n) is 17.0. The highest BCUT2D eigenvalue weighted by molar-refractivity contribution is 6.01. The van der Waals surface area contributed by atoms with Crippen molar-refractivity contribution in [2.24, 2.45) is 4.99 Å². The Morgan fingerprint density at radius 1 is 0.897 bits per heavy atom. The number of para-hydroxylation sites is 1. The van der Waals surface area contributed by atoms with Gasteiger partial charge < -0.3 is 5.32 Å². The Bertz CT molecular complexity index is 1090. The molecule has 0 unspecified atom stereocenters. The van der Waals surface area contributed by atoms with Crippen molar-refractivity contribution in [3.8, 4) is 0 Å². The summed E-state index contributed by atoms with van der Waals surface area (Å²) in [5.74, 6) is 0. The molecule has 1 aliphatic rings. The van der Waals surface area contributed by atoms with Crippen LogP contribution in [-0.4, -0.2) is 5.71 Å². The van der Waals surface area contributed by atoms with Crippen LogP contribution >= 0.6 is 0 Å². The van der Waals surface area contributed by atoms with Gasteiger partial charge in [0, 0.05) is 17.1 Å². The van der Waals surface area contributed by atoms with Crippen molar-refractivity contribution >= 4 is 22.7 Å². The van der Waals surface area contributed by atoms with Crippen molar-refractivity contribution in [1.29, 1.82) is 0 Å². The van der Waals surface area contributed by atoms with E-state index in [1.54, 1.807) is 0 Å². The molecule has 2 heteroatoms. The molecule has 29 heavy (non-hydrogen) atoms. The average Bonchev–Trinajstić information content (AvgIpc) is 2.76. The van der Waals surface area contributed by atoms with Crippen molar-refractivity contribution in [3.05, 3.63) is 113 Å². The van der Waals surface area contributed by atoms with E-state index < -0.39 is 0 Å². The summed E-state index contributed by atoms with van der Waals surface area (Å²) in [5, 5.41) is 3.64. The number of hydrogen-bond acceptors (Lipinski definition) is 2. The smallest absolute Gasteiger partial charge is 0.0662 e. The van der Waals surface area contributed by atoms with E-state index in [1.165, 1.54) is 22.4 Å². The van der Waals surface area contributed by atoms with Crippen LogP contribution in [-0.2, 0) is 0 Å². The van der Waals surface area contributed by atoms with Crippen LogP contribution in [0.25, 0.3) is 5.57 Å². The predicted octanol–water partition coefficient (Wildman–Crippen LogP) is 7.31. The molecule has 3 aromatic rings. The third kappa shape index (κ3) is 4.55. The number of hydrogen-bond donors (Lipinski definition) is 1. The van der Waals surface area contributed by atoms with E-state index in [1.807, 2.05) is 12.1 Å². The Balaban J connectivity index is 1.63. The second kappa shape index (κ2) is 8.74. The van der Waals surface area contributed by atoms with Gasteiger partial charge in [-0.3, -0.25) is 4.99 Å². The maximum Gasteiger partial charge on any atom is 0.0662 e. The van der Waals surface area contributed by atoms with Gasteiger partial charge in [-0.05, 0) is 73.2 Å². The lowest BCUT2D eigenvalue weighted by atomic mass is 9.95. The van der Waals surface area contributed by atoms with Gasteiger partial charge in [-0.1, -0.05) is 66.7 Å². The largest absolute Gasteiger partial charge is 0.355 e. The van der Waals surface area contributed by atoms with Gasteiger partial charge in [-0.25, -0.2) is 0 Å². The number of nitrogens with one attached hydrogen (secondary N) is 1. The highest BCUT2D eigenvalue weighted by atomic mass is 14.9. The molecule has 0 aromatic heterocycles. The van der Waals surface area contributed by atoms with Gasteiger partial charge in [-0.2, -0.15) is 0 Å². The number of allylic oxidation sites excluding steroid dienone is 3. The van der Waals surface area contributed by atoms with Crippen LogP contribution < -0.4 is 5.32 Å². The topological polar surface area (TPSA) is 24.4 Å². The molecule has 0 saturated heterocycles. The molecule has 0 spiro atoms. The molecule has 0 aliphatic heterocycles. The van der Waals surface area contributed by atoms with Gasteiger partial charge in [0.2, 0.25) is 0 Å². The van der Waals surface area contributed by atoms with Crippen LogP contribution in [0, 0.1) is 6.92 Å². The van der Waals surface area contributed by atoms with E-state index >= 15 is 0 Å². The molecule has 0 atom stereocenters. The summed E-state index contributed by atoms with van der Waals surface area (Å²) in [6.45, 7) is 4.16. The molecule has 1 aliphatic carbocycles. The van der Waals surface area contributed by atoms with Crippen molar-refractivity contribution in [2.75, 3.05) is 5.32 Å². The number of aliphatic imine (C=N–C) groups is 1. The summed E-state index contributed by atoms with van der Waals surface area (Å²) in [7, 11) is 0. The van der Waals surface area contributed by atoms with Gasteiger partial charge >= 0.3 is 0 Å². The number of aryl methyl sites for hydroxylation is 1. The Morgan fingerprint density at radius 3 is 2.52 bits per heavy atom. The second-order valence-corrected chi connectivity index (χ2v) is 7.39. The molecule has 4 rings (SSSR count). The van der Waals surface area contributed by atoms with Crippen molar-refractivity contribution in [2.45, 2.75) is 26.7 Å². The Kier molecular flexibility index (Phi) is 5.71. The molecule has 1 N–H and O–H groups in total. The quantitative estimate of drug-likeness (QED) is 0.462. The van der Waals surface area contributed by atoms with E-state index in [9.17, 15) is 0 Å². The molecule has 2 nitrogen and oxygen atoms in total. The molecule has 0 fully saturated rings.